The Bertz CT molecular complexity index is 979. The summed E-state index contributed by atoms with van der Waals surface area (Å²) in [7, 11) is 0.0103. The summed E-state index contributed by atoms with van der Waals surface area (Å²) in [6.45, 7) is 4.24. The molecule has 0 spiro atoms. The molecule has 3 atom stereocenters. The quantitative estimate of drug-likeness (QED) is 0.781. The number of aliphatic hydroxyl groups is 1. The molecule has 0 radical (unpaired) electrons. The van der Waals surface area contributed by atoms with Crippen molar-refractivity contribution in [2.24, 2.45) is 5.92 Å². The molecule has 30 heavy (non-hydrogen) atoms. The second kappa shape index (κ2) is 9.01. The molecule has 0 saturated heterocycles. The summed E-state index contributed by atoms with van der Waals surface area (Å²) in [6, 6.07) is 10.4. The van der Waals surface area contributed by atoms with Crippen LogP contribution in [0.3, 0.4) is 0 Å². The van der Waals surface area contributed by atoms with Crippen LogP contribution in [0.5, 0.6) is 5.75 Å². The molecule has 2 aromatic carbocycles. The number of benzene rings is 2. The zero-order valence-corrected chi connectivity index (χ0v) is 18.6. The number of halogens is 1. The first kappa shape index (κ1) is 22.7. The van der Waals surface area contributed by atoms with Crippen molar-refractivity contribution < 1.29 is 22.7 Å². The molecule has 1 N–H and O–H groups in total. The van der Waals surface area contributed by atoms with Crippen LogP contribution >= 0.6 is 0 Å². The average molecular weight is 437 g/mol. The van der Waals surface area contributed by atoms with Crippen molar-refractivity contribution in [2.75, 3.05) is 33.8 Å². The molecule has 0 amide bonds. The van der Waals surface area contributed by atoms with Crippen molar-refractivity contribution in [3.8, 4) is 16.9 Å². The van der Waals surface area contributed by atoms with E-state index in [0.29, 0.717) is 6.54 Å². The van der Waals surface area contributed by atoms with Gasteiger partial charge in [0.25, 0.3) is 0 Å². The average Bonchev–Trinajstić information content (AvgIpc) is 2.70. The van der Waals surface area contributed by atoms with Gasteiger partial charge in [0, 0.05) is 25.0 Å². The highest BCUT2D eigenvalue weighted by atomic mass is 32.2. The standard InChI is InChI=1S/C22H29FN2O4S/c1-15-12-25(16(2)14-26)30(27,28)22-10-7-18(17-5-8-19(23)9-6-17)11-20(22)29-21(15)13-24(3)4/h5-11,15-16,21,26H,12-14H2,1-4H3/t15-,16-,21-/m1/s1. The van der Waals surface area contributed by atoms with Crippen molar-refractivity contribution in [1.82, 2.24) is 9.21 Å². The number of rotatable bonds is 5. The lowest BCUT2D eigenvalue weighted by atomic mass is 10.0. The number of nitrogens with zero attached hydrogens (tertiary/aromatic N) is 2. The van der Waals surface area contributed by atoms with Crippen LogP contribution in [-0.4, -0.2) is 68.7 Å². The molecule has 0 fully saturated rings. The Balaban J connectivity index is 2.14. The molecule has 0 unspecified atom stereocenters. The molecule has 2 aromatic rings. The van der Waals surface area contributed by atoms with E-state index in [0.717, 1.165) is 11.1 Å². The van der Waals surface area contributed by atoms with Gasteiger partial charge in [-0.15, -0.1) is 0 Å². The zero-order chi connectivity index (χ0) is 22.1. The van der Waals surface area contributed by atoms with Crippen molar-refractivity contribution in [2.45, 2.75) is 30.9 Å². The van der Waals surface area contributed by atoms with Crippen LogP contribution in [0.4, 0.5) is 4.39 Å². The van der Waals surface area contributed by atoms with Crippen LogP contribution < -0.4 is 4.74 Å². The first-order valence-corrected chi connectivity index (χ1v) is 11.4. The Labute approximate surface area is 177 Å². The van der Waals surface area contributed by atoms with E-state index in [2.05, 4.69) is 0 Å². The molecule has 0 bridgehead atoms. The smallest absolute Gasteiger partial charge is 0.247 e. The lowest BCUT2D eigenvalue weighted by molar-refractivity contribution is 0.0813. The molecular formula is C22H29FN2O4S. The van der Waals surface area contributed by atoms with Gasteiger partial charge in [-0.3, -0.25) is 0 Å². The van der Waals surface area contributed by atoms with Gasteiger partial charge in [0.2, 0.25) is 10.0 Å². The zero-order valence-electron chi connectivity index (χ0n) is 17.7. The van der Waals surface area contributed by atoms with Crippen LogP contribution in [-0.2, 0) is 10.0 Å². The predicted molar refractivity (Wildman–Crippen MR) is 114 cm³/mol. The van der Waals surface area contributed by atoms with Gasteiger partial charge in [-0.05, 0) is 56.4 Å². The van der Waals surface area contributed by atoms with E-state index >= 15 is 0 Å². The summed E-state index contributed by atoms with van der Waals surface area (Å²) in [5.41, 5.74) is 1.50. The third-order valence-electron chi connectivity index (χ3n) is 5.39. The van der Waals surface area contributed by atoms with E-state index in [1.807, 2.05) is 25.9 Å². The second-order valence-electron chi connectivity index (χ2n) is 8.17. The van der Waals surface area contributed by atoms with Crippen molar-refractivity contribution in [3.63, 3.8) is 0 Å². The van der Waals surface area contributed by atoms with E-state index in [-0.39, 0.29) is 41.6 Å². The van der Waals surface area contributed by atoms with Gasteiger partial charge in [-0.2, -0.15) is 4.31 Å². The Hall–Kier alpha value is -2.00. The van der Waals surface area contributed by atoms with Gasteiger partial charge < -0.3 is 14.7 Å². The van der Waals surface area contributed by atoms with Gasteiger partial charge in [0.05, 0.1) is 6.61 Å². The topological polar surface area (TPSA) is 70.1 Å². The molecule has 1 heterocycles. The lowest BCUT2D eigenvalue weighted by Crippen LogP contribution is -2.49. The Morgan fingerprint density at radius 3 is 2.43 bits per heavy atom. The predicted octanol–water partition coefficient (Wildman–Crippen LogP) is 2.82. The molecule has 3 rings (SSSR count). The second-order valence-corrected chi connectivity index (χ2v) is 10.0. The number of sulfonamides is 1. The summed E-state index contributed by atoms with van der Waals surface area (Å²) in [6.07, 6.45) is -0.244. The van der Waals surface area contributed by atoms with Crippen LogP contribution in [0, 0.1) is 11.7 Å². The maximum Gasteiger partial charge on any atom is 0.247 e. The maximum absolute atomic E-state index is 13.4. The third kappa shape index (κ3) is 4.67. The van der Waals surface area contributed by atoms with E-state index in [1.165, 1.54) is 22.5 Å². The van der Waals surface area contributed by atoms with Crippen molar-refractivity contribution in [1.29, 1.82) is 0 Å². The summed E-state index contributed by atoms with van der Waals surface area (Å²) >= 11 is 0. The Kier molecular flexibility index (Phi) is 6.81. The number of hydrogen-bond donors (Lipinski definition) is 1. The highest BCUT2D eigenvalue weighted by Gasteiger charge is 2.37. The lowest BCUT2D eigenvalue weighted by Gasteiger charge is -2.37. The number of ether oxygens (including phenoxy) is 1. The van der Waals surface area contributed by atoms with Gasteiger partial charge in [0.1, 0.15) is 22.6 Å². The number of fused-ring (bicyclic) bond motifs is 1. The highest BCUT2D eigenvalue weighted by Crippen LogP contribution is 2.36. The maximum atomic E-state index is 13.4. The molecule has 0 saturated carbocycles. The summed E-state index contributed by atoms with van der Waals surface area (Å²) < 4.78 is 47.8. The largest absolute Gasteiger partial charge is 0.487 e. The minimum atomic E-state index is -3.87. The molecule has 1 aliphatic rings. The minimum absolute atomic E-state index is 0.0734. The summed E-state index contributed by atoms with van der Waals surface area (Å²) in [4.78, 5) is 2.07. The first-order valence-electron chi connectivity index (χ1n) is 9.97. The van der Waals surface area contributed by atoms with E-state index < -0.39 is 16.1 Å². The van der Waals surface area contributed by atoms with Gasteiger partial charge >= 0.3 is 0 Å². The van der Waals surface area contributed by atoms with E-state index in [1.54, 1.807) is 31.2 Å². The number of likely N-dealkylation sites (N-methyl/N-ethyl adjacent to an activating group) is 1. The normalized spacial score (nSPS) is 22.6. The molecule has 8 heteroatoms. The summed E-state index contributed by atoms with van der Waals surface area (Å²) in [5.74, 6) is -0.165. The monoisotopic (exact) mass is 436 g/mol. The molecule has 0 aromatic heterocycles. The third-order valence-corrected chi connectivity index (χ3v) is 7.41. The Morgan fingerprint density at radius 1 is 1.20 bits per heavy atom. The molecule has 164 valence electrons. The van der Waals surface area contributed by atoms with Crippen molar-refractivity contribution >= 4 is 10.0 Å². The molecule has 0 aliphatic carbocycles. The fourth-order valence-electron chi connectivity index (χ4n) is 3.63. The molecular weight excluding hydrogens is 407 g/mol. The first-order chi connectivity index (χ1) is 14.1. The van der Waals surface area contributed by atoms with Crippen LogP contribution in [0.15, 0.2) is 47.4 Å². The van der Waals surface area contributed by atoms with Crippen molar-refractivity contribution in [3.05, 3.63) is 48.3 Å². The van der Waals surface area contributed by atoms with Gasteiger partial charge in [0.15, 0.2) is 0 Å². The molecule has 1 aliphatic heterocycles. The van der Waals surface area contributed by atoms with Gasteiger partial charge in [-0.1, -0.05) is 25.1 Å². The van der Waals surface area contributed by atoms with Gasteiger partial charge in [-0.25, -0.2) is 12.8 Å². The fraction of sp³-hybridized carbons (Fsp3) is 0.455. The SMILES string of the molecule is C[C@@H]1CN([C@H](C)CO)S(=O)(=O)c2ccc(-c3ccc(F)cc3)cc2O[C@@H]1CN(C)C. The van der Waals surface area contributed by atoms with Crippen LogP contribution in [0.2, 0.25) is 0 Å². The number of aliphatic hydroxyl groups excluding tert-OH is 1. The van der Waals surface area contributed by atoms with Crippen LogP contribution in [0.1, 0.15) is 13.8 Å². The minimum Gasteiger partial charge on any atom is -0.487 e. The summed E-state index contributed by atoms with van der Waals surface area (Å²) in [5, 5.41) is 9.67. The highest BCUT2D eigenvalue weighted by molar-refractivity contribution is 7.89. The Morgan fingerprint density at radius 2 is 1.83 bits per heavy atom. The molecule has 6 nitrogen and oxygen atoms in total. The fourth-order valence-corrected chi connectivity index (χ4v) is 5.45. The number of hydrogen-bond acceptors (Lipinski definition) is 5. The van der Waals surface area contributed by atoms with E-state index in [9.17, 15) is 17.9 Å². The van der Waals surface area contributed by atoms with E-state index in [4.69, 9.17) is 4.74 Å². The van der Waals surface area contributed by atoms with Crippen LogP contribution in [0.25, 0.3) is 11.1 Å².